The summed E-state index contributed by atoms with van der Waals surface area (Å²) in [6.07, 6.45) is 26.4. The lowest BCUT2D eigenvalue weighted by Crippen LogP contribution is -2.46. The van der Waals surface area contributed by atoms with E-state index in [0.29, 0.717) is 88.0 Å². The molecule has 0 aromatic heterocycles. The van der Waals surface area contributed by atoms with Crippen molar-refractivity contribution in [2.24, 2.45) is 0 Å². The lowest BCUT2D eigenvalue weighted by Gasteiger charge is -2.41. The Labute approximate surface area is 640 Å². The molecule has 9 fully saturated rings. The Balaban J connectivity index is 0.000000142. The Morgan fingerprint density at radius 1 is 0.308 bits per heavy atom. The molecule has 0 atom stereocenters. The molecule has 6 aromatic carbocycles. The highest BCUT2D eigenvalue weighted by atomic mass is 35.5. The molecule has 6 aliphatic carbocycles. The van der Waals surface area contributed by atoms with E-state index < -0.39 is 30.1 Å². The second-order valence-corrected chi connectivity index (χ2v) is 36.3. The van der Waals surface area contributed by atoms with Gasteiger partial charge in [-0.2, -0.15) is 0 Å². The number of halogens is 1. The second-order valence-electron chi connectivity index (χ2n) is 30.7. The monoisotopic (exact) mass is 1550 g/mol. The summed E-state index contributed by atoms with van der Waals surface area (Å²) in [5.74, 6) is 7.07. The van der Waals surface area contributed by atoms with Gasteiger partial charge in [-0.05, 0) is 288 Å². The number of nitrogens with zero attached hydrogens (tertiary/aromatic N) is 3. The van der Waals surface area contributed by atoms with Gasteiger partial charge in [0, 0.05) is 53.4 Å². The average Bonchev–Trinajstić information content (AvgIpc) is 1.73. The number of likely N-dealkylation sites (tertiary alicyclic amines) is 3. The lowest BCUT2D eigenvalue weighted by molar-refractivity contribution is 0.115. The van der Waals surface area contributed by atoms with Gasteiger partial charge in [0.15, 0.2) is 23.0 Å². The molecular weight excluding hydrogens is 1440 g/mol. The third-order valence-corrected chi connectivity index (χ3v) is 28.3. The number of rotatable bonds is 26. The van der Waals surface area contributed by atoms with Crippen molar-refractivity contribution < 1.29 is 63.1 Å². The molecule has 0 amide bonds. The van der Waals surface area contributed by atoms with Crippen LogP contribution in [0.4, 0.5) is 0 Å². The molecule has 3 saturated heterocycles. The van der Waals surface area contributed by atoms with Gasteiger partial charge in [-0.25, -0.2) is 39.4 Å². The number of hydrogen-bond donors (Lipinski definition) is 3. The van der Waals surface area contributed by atoms with Gasteiger partial charge in [-0.3, -0.25) is 0 Å². The van der Waals surface area contributed by atoms with Crippen LogP contribution in [-0.4, -0.2) is 169 Å². The lowest BCUT2D eigenvalue weighted by atomic mass is 9.85. The van der Waals surface area contributed by atoms with E-state index in [1.165, 1.54) is 109 Å². The quantitative estimate of drug-likeness (QED) is 0.0459. The predicted molar refractivity (Wildman–Crippen MR) is 417 cm³/mol. The minimum absolute atomic E-state index is 0.0386. The predicted octanol–water partition coefficient (Wildman–Crippen LogP) is 14.8. The summed E-state index contributed by atoms with van der Waals surface area (Å²) in [4.78, 5) is 8.37. The largest absolute Gasteiger partial charge is 0.495 e. The molecule has 582 valence electrons. The van der Waals surface area contributed by atoms with Crippen LogP contribution >= 0.6 is 11.6 Å². The molecule has 0 spiro atoms. The van der Waals surface area contributed by atoms with E-state index in [1.807, 2.05) is 0 Å². The van der Waals surface area contributed by atoms with Crippen LogP contribution in [0.5, 0.6) is 46.0 Å². The first-order chi connectivity index (χ1) is 51.9. The molecule has 9 aliphatic rings. The van der Waals surface area contributed by atoms with Crippen LogP contribution in [0.25, 0.3) is 0 Å². The molecular formula is C83H111ClN6O14S3. The maximum atomic E-state index is 13.0. The van der Waals surface area contributed by atoms with E-state index in [1.54, 1.807) is 36.4 Å². The van der Waals surface area contributed by atoms with Gasteiger partial charge in [0.25, 0.3) is 0 Å². The standard InChI is InChI=1S/2C28H38N2O5S.C27H35ClN2O4S/c2*1-33-27-14-13-24(19-28(27)34-2)36(31,32)29-21-7-9-22(10-8-21)30-17-15-20(16-18-30)25-5-3-4-6-26(25)35-23-11-12-23;1-33-26-13-6-20(28)18-27(26)35(31,32)29-21-7-9-22(10-8-21)30-16-14-19(15-17-30)24-4-2-3-5-25(24)34-23-11-12-23/h2*3-6,13-14,19-23,29H,7-12,15-18H2,1-2H3;2-6,13,18-19,21-23,29H,7-12,14-17H2,1H3. The number of sulfonamides is 3. The van der Waals surface area contributed by atoms with Crippen molar-refractivity contribution in [2.75, 3.05) is 74.8 Å². The maximum absolute atomic E-state index is 13.0. The molecule has 20 nitrogen and oxygen atoms in total. The highest BCUT2D eigenvalue weighted by Crippen LogP contribution is 2.44. The van der Waals surface area contributed by atoms with Crippen LogP contribution in [0, 0.1) is 0 Å². The van der Waals surface area contributed by atoms with Crippen molar-refractivity contribution in [1.82, 2.24) is 28.9 Å². The summed E-state index contributed by atoms with van der Waals surface area (Å²) < 4.78 is 132. The van der Waals surface area contributed by atoms with Crippen LogP contribution in [0.2, 0.25) is 5.02 Å². The van der Waals surface area contributed by atoms with Crippen molar-refractivity contribution in [3.05, 3.63) is 149 Å². The highest BCUT2D eigenvalue weighted by Gasteiger charge is 2.38. The summed E-state index contributed by atoms with van der Waals surface area (Å²) in [6, 6.07) is 41.3. The normalized spacial score (nSPS) is 24.0. The second kappa shape index (κ2) is 36.2. The maximum Gasteiger partial charge on any atom is 0.244 e. The third-order valence-electron chi connectivity index (χ3n) is 23.5. The Morgan fingerprint density at radius 3 is 0.897 bits per heavy atom. The van der Waals surface area contributed by atoms with Gasteiger partial charge >= 0.3 is 0 Å². The first kappa shape index (κ1) is 78.7. The molecule has 3 aliphatic heterocycles. The van der Waals surface area contributed by atoms with Crippen LogP contribution in [0.15, 0.2) is 142 Å². The summed E-state index contributed by atoms with van der Waals surface area (Å²) in [5, 5.41) is 0.375. The van der Waals surface area contributed by atoms with E-state index >= 15 is 0 Å². The van der Waals surface area contributed by atoms with Crippen LogP contribution < -0.4 is 52.1 Å². The van der Waals surface area contributed by atoms with E-state index in [4.69, 9.17) is 49.5 Å². The zero-order chi connectivity index (χ0) is 74.7. The van der Waals surface area contributed by atoms with E-state index in [-0.39, 0.29) is 32.8 Å². The van der Waals surface area contributed by atoms with Crippen molar-refractivity contribution in [3.63, 3.8) is 0 Å². The number of benzene rings is 6. The van der Waals surface area contributed by atoms with Crippen LogP contribution in [-0.2, 0) is 30.1 Å². The molecule has 0 radical (unpaired) electrons. The Morgan fingerprint density at radius 2 is 0.598 bits per heavy atom. The smallest absolute Gasteiger partial charge is 0.244 e. The number of hydrogen-bond acceptors (Lipinski definition) is 17. The molecule has 24 heteroatoms. The van der Waals surface area contributed by atoms with Crippen molar-refractivity contribution in [3.8, 4) is 46.0 Å². The minimum atomic E-state index is -3.70. The zero-order valence-electron chi connectivity index (χ0n) is 62.9. The van der Waals surface area contributed by atoms with Crippen molar-refractivity contribution in [1.29, 1.82) is 0 Å². The van der Waals surface area contributed by atoms with Gasteiger partial charge in [0.1, 0.15) is 27.9 Å². The molecule has 3 heterocycles. The number of piperidine rings is 3. The fourth-order valence-corrected chi connectivity index (χ4v) is 21.3. The third kappa shape index (κ3) is 20.8. The molecule has 6 saturated carbocycles. The topological polar surface area (TPSA) is 222 Å². The van der Waals surface area contributed by atoms with Crippen molar-refractivity contribution in [2.45, 2.75) is 241 Å². The molecule has 6 aromatic rings. The van der Waals surface area contributed by atoms with E-state index in [9.17, 15) is 25.3 Å². The average molecular weight is 1550 g/mol. The van der Waals surface area contributed by atoms with Gasteiger partial charge in [-0.15, -0.1) is 0 Å². The number of nitrogens with one attached hydrogen (secondary N) is 3. The van der Waals surface area contributed by atoms with E-state index in [2.05, 4.69) is 102 Å². The summed E-state index contributed by atoms with van der Waals surface area (Å²) in [5.41, 5.74) is 4.11. The minimum Gasteiger partial charge on any atom is -0.495 e. The van der Waals surface area contributed by atoms with Gasteiger partial charge in [0.05, 0.1) is 63.7 Å². The van der Waals surface area contributed by atoms with Crippen molar-refractivity contribution >= 4 is 41.7 Å². The number of ether oxygens (including phenoxy) is 8. The van der Waals surface area contributed by atoms with Gasteiger partial charge < -0.3 is 52.6 Å². The van der Waals surface area contributed by atoms with E-state index in [0.717, 1.165) is 172 Å². The molecule has 3 N–H and O–H groups in total. The Kier molecular flexibility index (Phi) is 26.6. The summed E-state index contributed by atoms with van der Waals surface area (Å²) in [7, 11) is -3.38. The zero-order valence-corrected chi connectivity index (χ0v) is 66.1. The summed E-state index contributed by atoms with van der Waals surface area (Å²) in [6.45, 7) is 6.54. The summed E-state index contributed by atoms with van der Waals surface area (Å²) >= 11 is 6.05. The molecule has 0 unspecified atom stereocenters. The fraction of sp³-hybridized carbons (Fsp3) is 0.566. The van der Waals surface area contributed by atoms with Gasteiger partial charge in [-0.1, -0.05) is 66.2 Å². The number of methoxy groups -OCH3 is 5. The molecule has 0 bridgehead atoms. The highest BCUT2D eigenvalue weighted by molar-refractivity contribution is 7.90. The Bertz CT molecular complexity index is 4070. The van der Waals surface area contributed by atoms with Gasteiger partial charge in [0.2, 0.25) is 30.1 Å². The van der Waals surface area contributed by atoms with Crippen LogP contribution in [0.1, 0.15) is 189 Å². The number of para-hydroxylation sites is 3. The Hall–Kier alpha value is -6.38. The first-order valence-corrected chi connectivity index (χ1v) is 44.0. The first-order valence-electron chi connectivity index (χ1n) is 39.2. The fourth-order valence-electron chi connectivity index (χ4n) is 17.0. The SMILES string of the molecule is COc1ccc(Cl)cc1S(=O)(=O)NC1CCC(N2CCC(c3ccccc3OC3CC3)CC2)CC1.COc1ccc(S(=O)(=O)NC2CCC(N3CCC(c4ccccc4OC4CC4)CC3)CC2)cc1OC.COc1ccc(S(=O)(=O)NC2CCC(N3CCC(c4ccccc4OC4CC4)CC3)CC2)cc1OC. The van der Waals surface area contributed by atoms with Crippen LogP contribution in [0.3, 0.4) is 0 Å². The molecule has 15 rings (SSSR count). The molecule has 107 heavy (non-hydrogen) atoms.